The summed E-state index contributed by atoms with van der Waals surface area (Å²) in [4.78, 5) is 6.45. The number of rotatable bonds is 5. The highest BCUT2D eigenvalue weighted by atomic mass is 127. The fraction of sp³-hybridized carbons (Fsp3) is 0.462. The van der Waals surface area contributed by atoms with Gasteiger partial charge in [-0.1, -0.05) is 23.7 Å². The van der Waals surface area contributed by atoms with Crippen LogP contribution in [0.2, 0.25) is 5.02 Å². The smallest absolute Gasteiger partial charge is 0.193 e. The van der Waals surface area contributed by atoms with E-state index in [1.54, 1.807) is 0 Å². The topological polar surface area (TPSA) is 36.9 Å². The molecule has 0 unspecified atom stereocenters. The largest absolute Gasteiger partial charge is 0.375 e. The number of nitrogens with one attached hydrogen (secondary N) is 1. The van der Waals surface area contributed by atoms with E-state index in [4.69, 9.17) is 16.3 Å². The molecule has 0 bridgehead atoms. The molecule has 4 nitrogen and oxygen atoms in total. The SMILES string of the molecule is CN1CCN=C1NCCOCc1ccc(Cl)cc1.I. The van der Waals surface area contributed by atoms with Crippen LogP contribution in [0.5, 0.6) is 0 Å². The average molecular weight is 396 g/mol. The van der Waals surface area contributed by atoms with Gasteiger partial charge in [-0.3, -0.25) is 4.99 Å². The van der Waals surface area contributed by atoms with E-state index in [1.165, 1.54) is 0 Å². The molecule has 1 aromatic carbocycles. The molecule has 1 heterocycles. The Labute approximate surface area is 136 Å². The van der Waals surface area contributed by atoms with Crippen molar-refractivity contribution in [3.05, 3.63) is 34.9 Å². The van der Waals surface area contributed by atoms with Crippen LogP contribution in [0.15, 0.2) is 29.3 Å². The number of hydrogen-bond acceptors (Lipinski definition) is 4. The van der Waals surface area contributed by atoms with E-state index in [9.17, 15) is 0 Å². The molecule has 0 aliphatic carbocycles. The summed E-state index contributed by atoms with van der Waals surface area (Å²) in [5, 5.41) is 4.01. The quantitative estimate of drug-likeness (QED) is 0.614. The lowest BCUT2D eigenvalue weighted by Gasteiger charge is -2.15. The van der Waals surface area contributed by atoms with Crippen molar-refractivity contribution in [3.63, 3.8) is 0 Å². The van der Waals surface area contributed by atoms with Gasteiger partial charge in [0.1, 0.15) is 0 Å². The van der Waals surface area contributed by atoms with Gasteiger partial charge < -0.3 is 15.0 Å². The molecule has 19 heavy (non-hydrogen) atoms. The third-order valence-electron chi connectivity index (χ3n) is 2.77. The van der Waals surface area contributed by atoms with Gasteiger partial charge in [-0.05, 0) is 17.7 Å². The van der Waals surface area contributed by atoms with Crippen LogP contribution in [-0.4, -0.2) is 44.1 Å². The molecule has 0 saturated carbocycles. The van der Waals surface area contributed by atoms with E-state index in [-0.39, 0.29) is 24.0 Å². The first-order valence-corrected chi connectivity index (χ1v) is 6.45. The predicted octanol–water partition coefficient (Wildman–Crippen LogP) is 2.37. The van der Waals surface area contributed by atoms with Crippen LogP contribution in [0.4, 0.5) is 0 Å². The van der Waals surface area contributed by atoms with Gasteiger partial charge in [0, 0.05) is 25.2 Å². The zero-order valence-electron chi connectivity index (χ0n) is 10.9. The summed E-state index contributed by atoms with van der Waals surface area (Å²) in [5.74, 6) is 0.963. The molecule has 1 aliphatic heterocycles. The monoisotopic (exact) mass is 395 g/mol. The summed E-state index contributed by atoms with van der Waals surface area (Å²) in [6, 6.07) is 7.70. The zero-order chi connectivity index (χ0) is 12.8. The van der Waals surface area contributed by atoms with E-state index in [0.29, 0.717) is 13.2 Å². The van der Waals surface area contributed by atoms with Crippen molar-refractivity contribution in [3.8, 4) is 0 Å². The van der Waals surface area contributed by atoms with Crippen LogP contribution in [-0.2, 0) is 11.3 Å². The van der Waals surface area contributed by atoms with Crippen LogP contribution in [0.3, 0.4) is 0 Å². The van der Waals surface area contributed by atoms with E-state index in [1.807, 2.05) is 31.3 Å². The summed E-state index contributed by atoms with van der Waals surface area (Å²) < 4.78 is 5.58. The Morgan fingerprint density at radius 1 is 1.37 bits per heavy atom. The second kappa shape index (κ2) is 8.60. The van der Waals surface area contributed by atoms with E-state index >= 15 is 0 Å². The van der Waals surface area contributed by atoms with Gasteiger partial charge in [0.05, 0.1) is 19.8 Å². The number of benzene rings is 1. The molecule has 2 rings (SSSR count). The number of likely N-dealkylation sites (N-methyl/N-ethyl adjacent to an activating group) is 1. The van der Waals surface area contributed by atoms with E-state index in [0.717, 1.165) is 36.2 Å². The number of guanidine groups is 1. The lowest BCUT2D eigenvalue weighted by Crippen LogP contribution is -2.37. The average Bonchev–Trinajstić information content (AvgIpc) is 2.77. The molecule has 0 amide bonds. The minimum atomic E-state index is 0. The highest BCUT2D eigenvalue weighted by Gasteiger charge is 2.10. The Hall–Kier alpha value is -0.530. The molecule has 0 saturated heterocycles. The van der Waals surface area contributed by atoms with Crippen molar-refractivity contribution in [1.82, 2.24) is 10.2 Å². The summed E-state index contributed by atoms with van der Waals surface area (Å²) in [7, 11) is 2.04. The highest BCUT2D eigenvalue weighted by Crippen LogP contribution is 2.09. The van der Waals surface area contributed by atoms with Crippen molar-refractivity contribution in [2.24, 2.45) is 4.99 Å². The van der Waals surface area contributed by atoms with Crippen LogP contribution in [0.1, 0.15) is 5.56 Å². The highest BCUT2D eigenvalue weighted by molar-refractivity contribution is 14.0. The van der Waals surface area contributed by atoms with E-state index in [2.05, 4.69) is 15.2 Å². The fourth-order valence-electron chi connectivity index (χ4n) is 1.73. The summed E-state index contributed by atoms with van der Waals surface area (Å²) in [5.41, 5.74) is 1.13. The van der Waals surface area contributed by atoms with Crippen LogP contribution in [0, 0.1) is 0 Å². The van der Waals surface area contributed by atoms with Crippen molar-refractivity contribution in [2.75, 3.05) is 33.3 Å². The van der Waals surface area contributed by atoms with Crippen molar-refractivity contribution >= 4 is 41.5 Å². The van der Waals surface area contributed by atoms with Gasteiger partial charge in [-0.25, -0.2) is 0 Å². The van der Waals surface area contributed by atoms with E-state index < -0.39 is 0 Å². The van der Waals surface area contributed by atoms with Gasteiger partial charge in [0.2, 0.25) is 0 Å². The summed E-state index contributed by atoms with van der Waals surface area (Å²) in [6.07, 6.45) is 0. The molecule has 0 atom stereocenters. The maximum Gasteiger partial charge on any atom is 0.193 e. The van der Waals surface area contributed by atoms with Gasteiger partial charge in [0.25, 0.3) is 0 Å². The van der Waals surface area contributed by atoms with Gasteiger partial charge in [-0.2, -0.15) is 0 Å². The Kier molecular flexibility index (Phi) is 7.48. The number of nitrogens with zero attached hydrogens (tertiary/aromatic N) is 2. The molecule has 0 fully saturated rings. The Bertz CT molecular complexity index is 411. The molecule has 1 aliphatic rings. The van der Waals surface area contributed by atoms with Crippen molar-refractivity contribution in [2.45, 2.75) is 6.61 Å². The second-order valence-corrected chi connectivity index (χ2v) is 4.67. The molecule has 6 heteroatoms. The molecule has 1 aromatic rings. The molecule has 0 radical (unpaired) electrons. The van der Waals surface area contributed by atoms with Crippen LogP contribution < -0.4 is 5.32 Å². The third-order valence-corrected chi connectivity index (χ3v) is 3.02. The minimum absolute atomic E-state index is 0. The zero-order valence-corrected chi connectivity index (χ0v) is 14.0. The summed E-state index contributed by atoms with van der Waals surface area (Å²) >= 11 is 5.81. The maximum absolute atomic E-state index is 5.81. The fourth-order valence-corrected chi connectivity index (χ4v) is 1.86. The number of halogens is 2. The standard InChI is InChI=1S/C13H18ClN3O.HI/c1-17-8-6-15-13(17)16-7-9-18-10-11-2-4-12(14)5-3-11;/h2-5H,6-10H2,1H3,(H,15,16);1H. The van der Waals surface area contributed by atoms with Gasteiger partial charge in [0.15, 0.2) is 5.96 Å². The minimum Gasteiger partial charge on any atom is -0.375 e. The molecule has 106 valence electrons. The summed E-state index contributed by atoms with van der Waals surface area (Å²) in [6.45, 7) is 3.92. The lowest BCUT2D eigenvalue weighted by molar-refractivity contribution is 0.125. The second-order valence-electron chi connectivity index (χ2n) is 4.23. The first kappa shape index (κ1) is 16.5. The Morgan fingerprint density at radius 3 is 2.74 bits per heavy atom. The number of ether oxygens (including phenoxy) is 1. The Morgan fingerprint density at radius 2 is 2.11 bits per heavy atom. The molecule has 0 spiro atoms. The van der Waals surface area contributed by atoms with Crippen molar-refractivity contribution in [1.29, 1.82) is 0 Å². The van der Waals surface area contributed by atoms with Gasteiger partial charge >= 0.3 is 0 Å². The van der Waals surface area contributed by atoms with Crippen LogP contribution in [0.25, 0.3) is 0 Å². The molecular formula is C13H19ClIN3O. The van der Waals surface area contributed by atoms with Gasteiger partial charge in [-0.15, -0.1) is 24.0 Å². The normalized spacial score (nSPS) is 14.0. The molecular weight excluding hydrogens is 377 g/mol. The number of aliphatic imine (C=N–C) groups is 1. The first-order chi connectivity index (χ1) is 8.75. The molecule has 1 N–H and O–H groups in total. The number of hydrogen-bond donors (Lipinski definition) is 1. The molecule has 0 aromatic heterocycles. The van der Waals surface area contributed by atoms with Crippen LogP contribution >= 0.6 is 35.6 Å². The predicted molar refractivity (Wildman–Crippen MR) is 89.5 cm³/mol. The van der Waals surface area contributed by atoms with Crippen molar-refractivity contribution < 1.29 is 4.74 Å². The Balaban J connectivity index is 0.00000180. The third kappa shape index (κ3) is 5.54. The maximum atomic E-state index is 5.81. The first-order valence-electron chi connectivity index (χ1n) is 6.07. The lowest BCUT2D eigenvalue weighted by atomic mass is 10.2.